The molecule has 1 fully saturated rings. The maximum Gasteiger partial charge on any atom is 0.243 e. The largest absolute Gasteiger partial charge is 0.339 e. The summed E-state index contributed by atoms with van der Waals surface area (Å²) < 4.78 is 27.6. The number of sulfonamides is 1. The maximum absolute atomic E-state index is 13.2. The molecule has 150 valence electrons. The summed E-state index contributed by atoms with van der Waals surface area (Å²) in [6, 6.07) is 15.2. The summed E-state index contributed by atoms with van der Waals surface area (Å²) >= 11 is 5.94. The van der Waals surface area contributed by atoms with Gasteiger partial charge < -0.3 is 9.80 Å². The normalized spacial score (nSPS) is 15.8. The monoisotopic (exact) mass is 421 g/mol. The SMILES string of the molecule is CN1CCN(C(=O)CN(Cc2ccc(Cl)cc2)S(=O)(=O)c2ccccc2)CC1. The molecule has 1 amide bonds. The molecule has 1 heterocycles. The molecule has 2 aromatic carbocycles. The summed E-state index contributed by atoms with van der Waals surface area (Å²) in [5.74, 6) is -0.179. The number of likely N-dealkylation sites (N-methyl/N-ethyl adjacent to an activating group) is 1. The molecular formula is C20H24ClN3O3S. The second kappa shape index (κ2) is 9.05. The molecule has 1 saturated heterocycles. The van der Waals surface area contributed by atoms with E-state index in [-0.39, 0.29) is 23.9 Å². The number of nitrogens with zero attached hydrogens (tertiary/aromatic N) is 3. The van der Waals surface area contributed by atoms with Gasteiger partial charge in [-0.05, 0) is 36.9 Å². The van der Waals surface area contributed by atoms with E-state index in [1.165, 1.54) is 4.31 Å². The van der Waals surface area contributed by atoms with Gasteiger partial charge in [-0.15, -0.1) is 0 Å². The minimum Gasteiger partial charge on any atom is -0.339 e. The number of hydrogen-bond acceptors (Lipinski definition) is 4. The lowest BCUT2D eigenvalue weighted by atomic mass is 10.2. The predicted octanol–water partition coefficient (Wildman–Crippen LogP) is 2.30. The average molecular weight is 422 g/mol. The van der Waals surface area contributed by atoms with Crippen LogP contribution in [0.15, 0.2) is 59.5 Å². The van der Waals surface area contributed by atoms with Crippen molar-refractivity contribution < 1.29 is 13.2 Å². The Morgan fingerprint density at radius 2 is 1.61 bits per heavy atom. The molecule has 1 aliphatic rings. The standard InChI is InChI=1S/C20H24ClN3O3S/c1-22-11-13-23(14-12-22)20(25)16-24(15-17-7-9-18(21)10-8-17)28(26,27)19-5-3-2-4-6-19/h2-10H,11-16H2,1H3. The fourth-order valence-corrected chi connectivity index (χ4v) is 4.59. The number of halogens is 1. The summed E-state index contributed by atoms with van der Waals surface area (Å²) in [5, 5.41) is 0.578. The zero-order chi connectivity index (χ0) is 20.1. The van der Waals surface area contributed by atoms with Crippen molar-refractivity contribution in [2.24, 2.45) is 0 Å². The molecule has 8 heteroatoms. The average Bonchev–Trinajstić information content (AvgIpc) is 2.70. The van der Waals surface area contributed by atoms with Gasteiger partial charge in [0.2, 0.25) is 15.9 Å². The van der Waals surface area contributed by atoms with Gasteiger partial charge in [0.05, 0.1) is 11.4 Å². The predicted molar refractivity (Wildman–Crippen MR) is 110 cm³/mol. The molecule has 0 saturated carbocycles. The molecule has 0 radical (unpaired) electrons. The minimum absolute atomic E-state index is 0.105. The lowest BCUT2D eigenvalue weighted by Gasteiger charge is -2.33. The van der Waals surface area contributed by atoms with Crippen LogP contribution in [0.25, 0.3) is 0 Å². The Morgan fingerprint density at radius 1 is 1.00 bits per heavy atom. The van der Waals surface area contributed by atoms with Crippen LogP contribution in [0.2, 0.25) is 5.02 Å². The van der Waals surface area contributed by atoms with Crippen LogP contribution in [-0.4, -0.2) is 68.2 Å². The number of piperazine rings is 1. The van der Waals surface area contributed by atoms with Crippen molar-refractivity contribution in [2.45, 2.75) is 11.4 Å². The van der Waals surface area contributed by atoms with Gasteiger partial charge in [-0.3, -0.25) is 4.79 Å². The summed E-state index contributed by atoms with van der Waals surface area (Å²) in [4.78, 5) is 16.9. The molecular weight excluding hydrogens is 398 g/mol. The van der Waals surface area contributed by atoms with E-state index in [2.05, 4.69) is 4.90 Å². The van der Waals surface area contributed by atoms with Crippen molar-refractivity contribution >= 4 is 27.5 Å². The van der Waals surface area contributed by atoms with Gasteiger partial charge in [-0.2, -0.15) is 4.31 Å². The molecule has 3 rings (SSSR count). The van der Waals surface area contributed by atoms with Gasteiger partial charge in [0.15, 0.2) is 0 Å². The number of hydrogen-bond donors (Lipinski definition) is 0. The third-order valence-electron chi connectivity index (χ3n) is 4.82. The number of carbonyl (C=O) groups is 1. The number of amides is 1. The molecule has 0 spiro atoms. The summed E-state index contributed by atoms with van der Waals surface area (Å²) in [6.07, 6.45) is 0. The highest BCUT2D eigenvalue weighted by Gasteiger charge is 2.29. The molecule has 0 aromatic heterocycles. The first-order chi connectivity index (χ1) is 13.4. The summed E-state index contributed by atoms with van der Waals surface area (Å²) in [7, 11) is -1.80. The van der Waals surface area contributed by atoms with E-state index in [0.29, 0.717) is 18.1 Å². The molecule has 2 aromatic rings. The van der Waals surface area contributed by atoms with Gasteiger partial charge in [0, 0.05) is 37.7 Å². The van der Waals surface area contributed by atoms with E-state index in [1.54, 1.807) is 59.5 Å². The molecule has 1 aliphatic heterocycles. The zero-order valence-electron chi connectivity index (χ0n) is 15.8. The van der Waals surface area contributed by atoms with Crippen molar-refractivity contribution in [1.82, 2.24) is 14.1 Å². The van der Waals surface area contributed by atoms with Crippen LogP contribution in [0.3, 0.4) is 0 Å². The van der Waals surface area contributed by atoms with Gasteiger partial charge >= 0.3 is 0 Å². The van der Waals surface area contributed by atoms with Crippen molar-refractivity contribution in [2.75, 3.05) is 39.8 Å². The zero-order valence-corrected chi connectivity index (χ0v) is 17.4. The molecule has 0 N–H and O–H groups in total. The second-order valence-corrected chi connectivity index (χ2v) is 9.27. The van der Waals surface area contributed by atoms with E-state index in [0.717, 1.165) is 18.7 Å². The third-order valence-corrected chi connectivity index (χ3v) is 6.88. The highest BCUT2D eigenvalue weighted by atomic mass is 35.5. The molecule has 6 nitrogen and oxygen atoms in total. The van der Waals surface area contributed by atoms with Crippen LogP contribution in [0.5, 0.6) is 0 Å². The topological polar surface area (TPSA) is 60.9 Å². The number of carbonyl (C=O) groups excluding carboxylic acids is 1. The second-order valence-electron chi connectivity index (χ2n) is 6.90. The highest BCUT2D eigenvalue weighted by molar-refractivity contribution is 7.89. The van der Waals surface area contributed by atoms with Crippen molar-refractivity contribution in [3.8, 4) is 0 Å². The molecule has 0 bridgehead atoms. The van der Waals surface area contributed by atoms with E-state index < -0.39 is 10.0 Å². The van der Waals surface area contributed by atoms with Crippen LogP contribution in [0.4, 0.5) is 0 Å². The quantitative estimate of drug-likeness (QED) is 0.718. The fourth-order valence-electron chi connectivity index (χ4n) is 3.07. The lowest BCUT2D eigenvalue weighted by Crippen LogP contribution is -2.50. The van der Waals surface area contributed by atoms with E-state index in [9.17, 15) is 13.2 Å². The Morgan fingerprint density at radius 3 is 2.21 bits per heavy atom. The smallest absolute Gasteiger partial charge is 0.243 e. The van der Waals surface area contributed by atoms with Crippen molar-refractivity contribution in [3.63, 3.8) is 0 Å². The Kier molecular flexibility index (Phi) is 6.72. The van der Waals surface area contributed by atoms with Crippen LogP contribution in [0, 0.1) is 0 Å². The van der Waals surface area contributed by atoms with Crippen molar-refractivity contribution in [1.29, 1.82) is 0 Å². The lowest BCUT2D eigenvalue weighted by molar-refractivity contribution is -0.133. The van der Waals surface area contributed by atoms with Gasteiger partial charge in [0.1, 0.15) is 0 Å². The first-order valence-corrected chi connectivity index (χ1v) is 10.9. The van der Waals surface area contributed by atoms with E-state index in [1.807, 2.05) is 7.05 Å². The van der Waals surface area contributed by atoms with Gasteiger partial charge in [-0.25, -0.2) is 8.42 Å². The first kappa shape index (κ1) is 20.8. The van der Waals surface area contributed by atoms with Gasteiger partial charge in [0.25, 0.3) is 0 Å². The van der Waals surface area contributed by atoms with Crippen LogP contribution < -0.4 is 0 Å². The molecule has 0 unspecified atom stereocenters. The molecule has 0 atom stereocenters. The van der Waals surface area contributed by atoms with Gasteiger partial charge in [-0.1, -0.05) is 41.9 Å². The van der Waals surface area contributed by atoms with E-state index in [4.69, 9.17) is 11.6 Å². The Bertz CT molecular complexity index is 896. The Hall–Kier alpha value is -1.93. The maximum atomic E-state index is 13.2. The third kappa shape index (κ3) is 5.11. The Balaban J connectivity index is 1.83. The minimum atomic E-state index is -3.81. The molecule has 0 aliphatic carbocycles. The fraction of sp³-hybridized carbons (Fsp3) is 0.350. The van der Waals surface area contributed by atoms with Crippen LogP contribution in [-0.2, 0) is 21.4 Å². The van der Waals surface area contributed by atoms with Crippen molar-refractivity contribution in [3.05, 3.63) is 65.2 Å². The number of rotatable bonds is 6. The summed E-state index contributed by atoms with van der Waals surface area (Å²) in [6.45, 7) is 2.70. The molecule has 28 heavy (non-hydrogen) atoms. The van der Waals surface area contributed by atoms with E-state index >= 15 is 0 Å². The Labute approximate surface area is 171 Å². The van der Waals surface area contributed by atoms with Crippen LogP contribution >= 0.6 is 11.6 Å². The van der Waals surface area contributed by atoms with Crippen LogP contribution in [0.1, 0.15) is 5.56 Å². The number of benzene rings is 2. The highest BCUT2D eigenvalue weighted by Crippen LogP contribution is 2.20. The first-order valence-electron chi connectivity index (χ1n) is 9.12. The summed E-state index contributed by atoms with van der Waals surface area (Å²) in [5.41, 5.74) is 0.773.